The molecule has 4 heteroatoms. The SMILES string of the molecule is CC(C)c1ccc2c3c(N(c4ccccc4)c4ccccc4)ccc4c5cc6c(cc5n(c2c1)c43)c1ccc(N(c2ccccc2)c2ccccc2)c2c3ccc(C(C)C)cc3n6c12. The number of anilines is 6. The first-order valence-corrected chi connectivity index (χ1v) is 22.7. The van der Waals surface area contributed by atoms with E-state index >= 15 is 0 Å². The van der Waals surface area contributed by atoms with Crippen molar-refractivity contribution in [3.05, 3.63) is 205 Å². The Bertz CT molecular complexity index is 3550. The van der Waals surface area contributed by atoms with Gasteiger partial charge in [0.05, 0.1) is 44.5 Å². The monoisotopic (exact) mass is 822 g/mol. The molecule has 0 fully saturated rings. The van der Waals surface area contributed by atoms with Crippen LogP contribution in [0.2, 0.25) is 0 Å². The molecule has 0 bridgehead atoms. The van der Waals surface area contributed by atoms with Crippen LogP contribution in [0.15, 0.2) is 194 Å². The second-order valence-corrected chi connectivity index (χ2v) is 18.1. The van der Waals surface area contributed by atoms with Gasteiger partial charge in [-0.1, -0.05) is 137 Å². The predicted molar refractivity (Wildman–Crippen MR) is 273 cm³/mol. The summed E-state index contributed by atoms with van der Waals surface area (Å²) >= 11 is 0. The molecule has 0 saturated carbocycles. The fraction of sp³-hybridized carbons (Fsp3) is 0.100. The molecule has 0 atom stereocenters. The highest BCUT2D eigenvalue weighted by Crippen LogP contribution is 2.51. The molecule has 0 unspecified atom stereocenters. The van der Waals surface area contributed by atoms with Crippen LogP contribution in [-0.2, 0) is 0 Å². The molecule has 0 spiro atoms. The number of fused-ring (bicyclic) bond motifs is 12. The van der Waals surface area contributed by atoms with Crippen molar-refractivity contribution < 1.29 is 0 Å². The van der Waals surface area contributed by atoms with E-state index < -0.39 is 0 Å². The number of rotatable bonds is 8. The Morgan fingerprint density at radius 3 is 0.953 bits per heavy atom. The molecule has 0 aliphatic rings. The summed E-state index contributed by atoms with van der Waals surface area (Å²) in [6.45, 7) is 9.19. The van der Waals surface area contributed by atoms with Crippen LogP contribution >= 0.6 is 0 Å². The van der Waals surface area contributed by atoms with Gasteiger partial charge in [-0.05, 0) is 108 Å². The van der Waals surface area contributed by atoms with Crippen LogP contribution < -0.4 is 9.80 Å². The quantitative estimate of drug-likeness (QED) is 0.152. The van der Waals surface area contributed by atoms with Gasteiger partial charge < -0.3 is 18.6 Å². The fourth-order valence-electron chi connectivity index (χ4n) is 10.9. The van der Waals surface area contributed by atoms with Gasteiger partial charge in [0.1, 0.15) is 0 Å². The summed E-state index contributed by atoms with van der Waals surface area (Å²) < 4.78 is 5.17. The van der Waals surface area contributed by atoms with Crippen molar-refractivity contribution in [2.75, 3.05) is 9.80 Å². The van der Waals surface area contributed by atoms with Gasteiger partial charge in [0.15, 0.2) is 0 Å². The van der Waals surface area contributed by atoms with E-state index in [9.17, 15) is 0 Å². The molecular formula is C60H46N4. The van der Waals surface area contributed by atoms with Crippen LogP contribution in [0.1, 0.15) is 50.7 Å². The molecule has 0 aliphatic heterocycles. The molecule has 4 aromatic heterocycles. The minimum atomic E-state index is 0.397. The lowest BCUT2D eigenvalue weighted by Crippen LogP contribution is -2.10. The molecular weight excluding hydrogens is 777 g/mol. The molecule has 4 nitrogen and oxygen atoms in total. The highest BCUT2D eigenvalue weighted by atomic mass is 15.2. The minimum Gasteiger partial charge on any atom is -0.310 e. The third-order valence-corrected chi connectivity index (χ3v) is 13.9. The van der Waals surface area contributed by atoms with Crippen LogP contribution in [0, 0.1) is 0 Å². The predicted octanol–water partition coefficient (Wildman–Crippen LogP) is 17.2. The van der Waals surface area contributed by atoms with E-state index in [-0.39, 0.29) is 0 Å². The summed E-state index contributed by atoms with van der Waals surface area (Å²) in [6, 6.07) is 72.1. The van der Waals surface area contributed by atoms with E-state index in [4.69, 9.17) is 0 Å². The molecule has 0 saturated heterocycles. The van der Waals surface area contributed by atoms with Gasteiger partial charge in [-0.25, -0.2) is 0 Å². The number of nitrogens with zero attached hydrogens (tertiary/aromatic N) is 4. The van der Waals surface area contributed by atoms with Crippen molar-refractivity contribution in [1.29, 1.82) is 0 Å². The highest BCUT2D eigenvalue weighted by molar-refractivity contribution is 6.32. The van der Waals surface area contributed by atoms with E-state index in [1.807, 2.05) is 0 Å². The second-order valence-electron chi connectivity index (χ2n) is 18.1. The van der Waals surface area contributed by atoms with Crippen LogP contribution in [-0.4, -0.2) is 8.80 Å². The molecule has 0 N–H and O–H groups in total. The second kappa shape index (κ2) is 13.8. The lowest BCUT2D eigenvalue weighted by molar-refractivity contribution is 0.868. The number of benzene rings is 9. The summed E-state index contributed by atoms with van der Waals surface area (Å²) in [5.41, 5.74) is 17.1. The maximum atomic E-state index is 2.58. The molecule has 0 radical (unpaired) electrons. The fourth-order valence-corrected chi connectivity index (χ4v) is 10.9. The Morgan fingerprint density at radius 1 is 0.312 bits per heavy atom. The van der Waals surface area contributed by atoms with Crippen molar-refractivity contribution in [3.8, 4) is 0 Å². The first-order chi connectivity index (χ1) is 31.4. The molecule has 0 aliphatic carbocycles. The van der Waals surface area contributed by atoms with E-state index in [0.717, 1.165) is 22.7 Å². The summed E-state index contributed by atoms with van der Waals surface area (Å²) in [7, 11) is 0. The van der Waals surface area contributed by atoms with Gasteiger partial charge >= 0.3 is 0 Å². The van der Waals surface area contributed by atoms with Crippen LogP contribution in [0.5, 0.6) is 0 Å². The zero-order chi connectivity index (χ0) is 42.8. The number of hydrogen-bond acceptors (Lipinski definition) is 2. The van der Waals surface area contributed by atoms with Crippen LogP contribution in [0.25, 0.3) is 76.2 Å². The maximum Gasteiger partial charge on any atom is 0.0641 e. The van der Waals surface area contributed by atoms with Crippen LogP contribution in [0.4, 0.5) is 34.1 Å². The normalized spacial score (nSPS) is 12.3. The van der Waals surface area contributed by atoms with E-state index in [2.05, 4.69) is 240 Å². The molecule has 13 aromatic rings. The molecule has 9 aromatic carbocycles. The number of hydrogen-bond donors (Lipinski definition) is 0. The molecule has 4 heterocycles. The van der Waals surface area contributed by atoms with Gasteiger partial charge in [-0.2, -0.15) is 0 Å². The molecule has 0 amide bonds. The third-order valence-electron chi connectivity index (χ3n) is 13.9. The lowest BCUT2D eigenvalue weighted by Gasteiger charge is -2.26. The van der Waals surface area contributed by atoms with Gasteiger partial charge in [0.25, 0.3) is 0 Å². The lowest BCUT2D eigenvalue weighted by atomic mass is 9.99. The first-order valence-electron chi connectivity index (χ1n) is 22.7. The Kier molecular flexibility index (Phi) is 7.96. The molecule has 306 valence electrons. The highest BCUT2D eigenvalue weighted by Gasteiger charge is 2.28. The van der Waals surface area contributed by atoms with Gasteiger partial charge in [0.2, 0.25) is 0 Å². The zero-order valence-electron chi connectivity index (χ0n) is 36.4. The third kappa shape index (κ3) is 5.17. The average molecular weight is 823 g/mol. The summed E-state index contributed by atoms with van der Waals surface area (Å²) in [4.78, 5) is 4.86. The Labute approximate surface area is 372 Å². The van der Waals surface area contributed by atoms with E-state index in [1.165, 1.54) is 98.7 Å². The Balaban J connectivity index is 1.16. The zero-order valence-corrected chi connectivity index (χ0v) is 36.4. The first kappa shape index (κ1) is 36.8. The van der Waals surface area contributed by atoms with E-state index in [0.29, 0.717) is 11.8 Å². The summed E-state index contributed by atoms with van der Waals surface area (Å²) in [5, 5.41) is 10.2. The average Bonchev–Trinajstić information content (AvgIpc) is 4.06. The van der Waals surface area contributed by atoms with Crippen molar-refractivity contribution in [1.82, 2.24) is 8.80 Å². The Morgan fingerprint density at radius 2 is 0.625 bits per heavy atom. The van der Waals surface area contributed by atoms with Gasteiger partial charge in [0, 0.05) is 65.8 Å². The largest absolute Gasteiger partial charge is 0.310 e. The number of aromatic nitrogens is 2. The smallest absolute Gasteiger partial charge is 0.0641 e. The molecule has 64 heavy (non-hydrogen) atoms. The Hall–Kier alpha value is -7.82. The van der Waals surface area contributed by atoms with Gasteiger partial charge in [-0.15, -0.1) is 0 Å². The van der Waals surface area contributed by atoms with Crippen molar-refractivity contribution in [2.24, 2.45) is 0 Å². The summed E-state index contributed by atoms with van der Waals surface area (Å²) in [6.07, 6.45) is 0. The van der Waals surface area contributed by atoms with Crippen molar-refractivity contribution in [3.63, 3.8) is 0 Å². The van der Waals surface area contributed by atoms with Crippen LogP contribution in [0.3, 0.4) is 0 Å². The van der Waals surface area contributed by atoms with E-state index in [1.54, 1.807) is 0 Å². The molecule has 13 rings (SSSR count). The maximum absolute atomic E-state index is 2.58. The topological polar surface area (TPSA) is 15.3 Å². The summed E-state index contributed by atoms with van der Waals surface area (Å²) in [5.74, 6) is 0.793. The van der Waals surface area contributed by atoms with Gasteiger partial charge in [-0.3, -0.25) is 0 Å². The minimum absolute atomic E-state index is 0.397. The van der Waals surface area contributed by atoms with Crippen molar-refractivity contribution in [2.45, 2.75) is 39.5 Å². The number of para-hydroxylation sites is 4. The standard InChI is InChI=1S/C60H46N4/c1-37(2)39-25-27-47-53(33-39)63-55-35-50-46-30-32-52(62(43-21-13-7-14-22-43)44-23-15-8-16-24-44)58-48-28-26-40(38(3)4)34-54(48)64(60(46)58)56(50)36-49(55)45-29-31-51(57(47)59(45)63)61(41-17-9-5-10-18-41)42-19-11-6-12-20-42/h5-38H,1-4H3. The van der Waals surface area contributed by atoms with Crippen molar-refractivity contribution >= 4 is 110 Å².